The van der Waals surface area contributed by atoms with Crippen LogP contribution in [-0.2, 0) is 19.2 Å². The van der Waals surface area contributed by atoms with Gasteiger partial charge in [0.05, 0.1) is 12.1 Å². The first-order valence-electron chi connectivity index (χ1n) is 12.4. The van der Waals surface area contributed by atoms with Gasteiger partial charge in [0.15, 0.2) is 5.78 Å². The topological polar surface area (TPSA) is 134 Å². The largest absolute Gasteiger partial charge is 0.344 e. The number of nitrogens with zero attached hydrogens (tertiary/aromatic N) is 1. The van der Waals surface area contributed by atoms with E-state index in [9.17, 15) is 19.2 Å². The van der Waals surface area contributed by atoms with Crippen molar-refractivity contribution in [3.8, 4) is 0 Å². The Bertz CT molecular complexity index is 669. The second-order valence-electron chi connectivity index (χ2n) is 9.63. The van der Waals surface area contributed by atoms with Crippen LogP contribution in [0.2, 0.25) is 0 Å². The van der Waals surface area contributed by atoms with Crippen LogP contribution in [0.25, 0.3) is 0 Å². The number of hydrogen-bond acceptors (Lipinski definition) is 7. The number of hydrogen-bond donors (Lipinski definition) is 4. The molecule has 1 saturated heterocycles. The smallest absolute Gasteiger partial charge is 0.243 e. The summed E-state index contributed by atoms with van der Waals surface area (Å²) in [4.78, 5) is 52.2. The van der Waals surface area contributed by atoms with E-state index in [1.807, 2.05) is 27.7 Å². The zero-order chi connectivity index (χ0) is 25.1. The molecule has 5 N–H and O–H groups in total. The normalized spacial score (nSPS) is 19.8. The van der Waals surface area contributed by atoms with Gasteiger partial charge in [0.1, 0.15) is 17.9 Å². The second-order valence-corrected chi connectivity index (χ2v) is 9.63. The van der Waals surface area contributed by atoms with E-state index in [1.165, 1.54) is 13.8 Å². The highest BCUT2D eigenvalue weighted by Gasteiger charge is 2.39. The average molecular weight is 468 g/mol. The average Bonchev–Trinajstić information content (AvgIpc) is 3.25. The summed E-state index contributed by atoms with van der Waals surface area (Å²) < 4.78 is 0. The van der Waals surface area contributed by atoms with Gasteiger partial charge in [0.2, 0.25) is 11.8 Å². The zero-order valence-corrected chi connectivity index (χ0v) is 21.3. The van der Waals surface area contributed by atoms with E-state index in [0.717, 1.165) is 25.7 Å². The molecular formula is C24H45N5O4. The monoisotopic (exact) mass is 467 g/mol. The van der Waals surface area contributed by atoms with Gasteiger partial charge in [-0.3, -0.25) is 19.2 Å². The summed E-state index contributed by atoms with van der Waals surface area (Å²) in [7, 11) is 0. The molecule has 1 unspecified atom stereocenters. The van der Waals surface area contributed by atoms with E-state index in [-0.39, 0.29) is 35.2 Å². The van der Waals surface area contributed by atoms with Gasteiger partial charge in [-0.2, -0.15) is 0 Å². The summed E-state index contributed by atoms with van der Waals surface area (Å²) in [5, 5.41) is 2.88. The number of nitrogens with two attached hydrogens (primary N) is 1. The number of likely N-dealkylation sites (tertiary alicyclic amines) is 1. The minimum absolute atomic E-state index is 0.00628. The van der Waals surface area contributed by atoms with E-state index in [1.54, 1.807) is 4.90 Å². The molecule has 190 valence electrons. The van der Waals surface area contributed by atoms with Crippen LogP contribution in [0.15, 0.2) is 0 Å². The fourth-order valence-electron chi connectivity index (χ4n) is 4.19. The summed E-state index contributed by atoms with van der Waals surface area (Å²) in [5.41, 5.74) is 11.7. The molecule has 0 aromatic heterocycles. The lowest BCUT2D eigenvalue weighted by molar-refractivity contribution is -0.142. The summed E-state index contributed by atoms with van der Waals surface area (Å²) in [6.45, 7) is 11.8. The third-order valence-electron chi connectivity index (χ3n) is 6.57. The number of rotatable bonds is 15. The van der Waals surface area contributed by atoms with Gasteiger partial charge in [0, 0.05) is 6.54 Å². The van der Waals surface area contributed by atoms with E-state index < -0.39 is 24.2 Å². The van der Waals surface area contributed by atoms with Crippen LogP contribution in [0.5, 0.6) is 0 Å². The number of amides is 2. The quantitative estimate of drug-likeness (QED) is 0.211. The molecular weight excluding hydrogens is 422 g/mol. The molecule has 1 rings (SSSR count). The van der Waals surface area contributed by atoms with Crippen LogP contribution in [0.4, 0.5) is 0 Å². The van der Waals surface area contributed by atoms with Crippen molar-refractivity contribution in [3.05, 3.63) is 0 Å². The summed E-state index contributed by atoms with van der Waals surface area (Å²) in [6.07, 6.45) is 4.35. The van der Waals surface area contributed by atoms with Crippen LogP contribution in [0.1, 0.15) is 80.1 Å². The molecule has 33 heavy (non-hydrogen) atoms. The first-order valence-corrected chi connectivity index (χ1v) is 12.4. The summed E-state index contributed by atoms with van der Waals surface area (Å²) in [6, 6.07) is -2.15. The Morgan fingerprint density at radius 2 is 1.67 bits per heavy atom. The molecule has 0 radical (unpaired) electrons. The third-order valence-corrected chi connectivity index (χ3v) is 6.57. The van der Waals surface area contributed by atoms with E-state index in [4.69, 9.17) is 5.73 Å². The van der Waals surface area contributed by atoms with Gasteiger partial charge in [-0.25, -0.2) is 10.9 Å². The number of carbonyl (C=O) groups is 4. The number of carbonyl (C=O) groups excluding carboxylic acids is 4. The van der Waals surface area contributed by atoms with Crippen LogP contribution < -0.4 is 21.9 Å². The maximum atomic E-state index is 13.4. The molecule has 0 aliphatic carbocycles. The Morgan fingerprint density at radius 1 is 1.00 bits per heavy atom. The fourth-order valence-corrected chi connectivity index (χ4v) is 4.19. The second kappa shape index (κ2) is 14.4. The molecule has 1 aliphatic heterocycles. The highest BCUT2D eigenvalue weighted by molar-refractivity contribution is 5.93. The van der Waals surface area contributed by atoms with Gasteiger partial charge in [-0.05, 0) is 57.9 Å². The Morgan fingerprint density at radius 3 is 2.18 bits per heavy atom. The lowest BCUT2D eigenvalue weighted by Gasteiger charge is -2.32. The third kappa shape index (κ3) is 8.79. The van der Waals surface area contributed by atoms with Gasteiger partial charge < -0.3 is 16.0 Å². The standard InChI is InChI=1S/C24H45N5O4/c1-7-16(4)22(18(6)31)26-23(32)20-12-10-14-29(20)24(33)21(15(2)3)28-27-19(17(5)30)11-8-9-13-25/h15-16,19-22,27-28H,7-14,25H2,1-6H3,(H,26,32)/t16-,19-,20-,21-,22?/m0/s1. The van der Waals surface area contributed by atoms with Gasteiger partial charge in [-0.15, -0.1) is 0 Å². The van der Waals surface area contributed by atoms with Gasteiger partial charge >= 0.3 is 0 Å². The summed E-state index contributed by atoms with van der Waals surface area (Å²) >= 11 is 0. The van der Waals surface area contributed by atoms with Crippen molar-refractivity contribution in [2.24, 2.45) is 17.6 Å². The molecule has 1 heterocycles. The molecule has 0 spiro atoms. The first kappa shape index (κ1) is 29.2. The minimum atomic E-state index is -0.598. The molecule has 0 aromatic rings. The molecule has 9 nitrogen and oxygen atoms in total. The molecule has 1 fully saturated rings. The number of unbranched alkanes of at least 4 members (excludes halogenated alkanes) is 1. The lowest BCUT2D eigenvalue weighted by atomic mass is 9.95. The Labute approximate surface area is 198 Å². The maximum Gasteiger partial charge on any atom is 0.243 e. The SMILES string of the molecule is CC[C@H](C)C(NC(=O)[C@@H]1CCCN1C(=O)[C@@H](NN[C@@H](CCCCN)C(C)=O)C(C)C)C(C)=O. The van der Waals surface area contributed by atoms with Crippen molar-refractivity contribution in [3.63, 3.8) is 0 Å². The van der Waals surface area contributed by atoms with Crippen LogP contribution in [-0.4, -0.2) is 65.5 Å². The Hall–Kier alpha value is -1.84. The molecule has 0 bridgehead atoms. The van der Waals surface area contributed by atoms with E-state index in [2.05, 4.69) is 16.2 Å². The van der Waals surface area contributed by atoms with Crippen LogP contribution >= 0.6 is 0 Å². The van der Waals surface area contributed by atoms with Crippen molar-refractivity contribution in [1.29, 1.82) is 0 Å². The van der Waals surface area contributed by atoms with E-state index in [0.29, 0.717) is 25.9 Å². The van der Waals surface area contributed by atoms with Crippen molar-refractivity contribution < 1.29 is 19.2 Å². The Balaban J connectivity index is 2.88. The van der Waals surface area contributed by atoms with Crippen molar-refractivity contribution in [1.82, 2.24) is 21.1 Å². The first-order chi connectivity index (χ1) is 15.5. The van der Waals surface area contributed by atoms with Crippen LogP contribution in [0.3, 0.4) is 0 Å². The number of hydrazine groups is 1. The molecule has 5 atom stereocenters. The number of ketones is 2. The van der Waals surface area contributed by atoms with Gasteiger partial charge in [-0.1, -0.05) is 40.5 Å². The number of nitrogens with one attached hydrogen (secondary N) is 3. The zero-order valence-electron chi connectivity index (χ0n) is 21.3. The molecule has 1 aliphatic rings. The summed E-state index contributed by atoms with van der Waals surface area (Å²) in [5.74, 6) is -0.578. The molecule has 9 heteroatoms. The highest BCUT2D eigenvalue weighted by atomic mass is 16.2. The van der Waals surface area contributed by atoms with Crippen molar-refractivity contribution >= 4 is 23.4 Å². The molecule has 0 aromatic carbocycles. The van der Waals surface area contributed by atoms with Crippen molar-refractivity contribution in [2.75, 3.05) is 13.1 Å². The predicted octanol–water partition coefficient (Wildman–Crippen LogP) is 1.30. The predicted molar refractivity (Wildman–Crippen MR) is 129 cm³/mol. The van der Waals surface area contributed by atoms with E-state index >= 15 is 0 Å². The lowest BCUT2D eigenvalue weighted by Crippen LogP contribution is -2.60. The highest BCUT2D eigenvalue weighted by Crippen LogP contribution is 2.21. The maximum absolute atomic E-state index is 13.4. The number of Topliss-reactive ketones (excluding diaryl/α,β-unsaturated/α-hetero) is 2. The molecule has 2 amide bonds. The van der Waals surface area contributed by atoms with Crippen molar-refractivity contribution in [2.45, 2.75) is 104 Å². The Kier molecular flexibility index (Phi) is 12.8. The van der Waals surface area contributed by atoms with Gasteiger partial charge in [0.25, 0.3) is 0 Å². The minimum Gasteiger partial charge on any atom is -0.344 e. The fraction of sp³-hybridized carbons (Fsp3) is 0.833. The van der Waals surface area contributed by atoms with Crippen LogP contribution in [0, 0.1) is 11.8 Å². The molecule has 0 saturated carbocycles.